The number of hydrogen-bond donors (Lipinski definition) is 2. The van der Waals surface area contributed by atoms with Crippen LogP contribution in [0.1, 0.15) is 6.42 Å². The summed E-state index contributed by atoms with van der Waals surface area (Å²) < 4.78 is 26.5. The highest BCUT2D eigenvalue weighted by atomic mass is 79.9. The van der Waals surface area contributed by atoms with Crippen LogP contribution >= 0.6 is 15.9 Å². The fourth-order valence-corrected chi connectivity index (χ4v) is 3.79. The number of halogens is 1. The lowest BCUT2D eigenvalue weighted by Gasteiger charge is -2.17. The predicted molar refractivity (Wildman–Crippen MR) is 67.9 cm³/mol. The first-order valence-corrected chi connectivity index (χ1v) is 7.38. The Labute approximate surface area is 108 Å². The summed E-state index contributed by atoms with van der Waals surface area (Å²) in [5.74, 6) is 0. The number of benzene rings is 1. The molecule has 1 aromatic rings. The number of nitrogen functional groups attached to an aromatic ring is 1. The van der Waals surface area contributed by atoms with Gasteiger partial charge in [0.2, 0.25) is 10.0 Å². The third-order valence-electron chi connectivity index (χ3n) is 2.72. The summed E-state index contributed by atoms with van der Waals surface area (Å²) >= 11 is 3.23. The molecule has 0 aromatic heterocycles. The van der Waals surface area contributed by atoms with Crippen molar-refractivity contribution < 1.29 is 13.5 Å². The van der Waals surface area contributed by atoms with Crippen molar-refractivity contribution >= 4 is 31.6 Å². The summed E-state index contributed by atoms with van der Waals surface area (Å²) in [5, 5.41) is 9.38. The molecule has 94 valence electrons. The first kappa shape index (κ1) is 12.8. The molecule has 0 unspecified atom stereocenters. The van der Waals surface area contributed by atoms with Gasteiger partial charge in [-0.15, -0.1) is 0 Å². The molecule has 0 bridgehead atoms. The van der Waals surface area contributed by atoms with Gasteiger partial charge >= 0.3 is 0 Å². The summed E-state index contributed by atoms with van der Waals surface area (Å²) in [4.78, 5) is 0.0924. The van der Waals surface area contributed by atoms with E-state index >= 15 is 0 Å². The number of sulfonamides is 1. The Hall–Kier alpha value is -0.630. The molecule has 1 atom stereocenters. The molecule has 3 N–H and O–H groups in total. The first-order valence-electron chi connectivity index (χ1n) is 5.14. The molecule has 17 heavy (non-hydrogen) atoms. The van der Waals surface area contributed by atoms with Crippen molar-refractivity contribution in [3.05, 3.63) is 22.7 Å². The first-order chi connectivity index (χ1) is 7.91. The number of aliphatic hydroxyl groups is 1. The maximum Gasteiger partial charge on any atom is 0.245 e. The molecule has 5 nitrogen and oxygen atoms in total. The Bertz CT molecular complexity index is 532. The second-order valence-electron chi connectivity index (χ2n) is 3.99. The second kappa shape index (κ2) is 4.56. The molecule has 1 aromatic carbocycles. The van der Waals surface area contributed by atoms with Crippen molar-refractivity contribution in [2.75, 3.05) is 18.8 Å². The Morgan fingerprint density at radius 2 is 2.18 bits per heavy atom. The van der Waals surface area contributed by atoms with E-state index in [0.717, 1.165) is 4.47 Å². The van der Waals surface area contributed by atoms with Gasteiger partial charge in [0.25, 0.3) is 0 Å². The Morgan fingerprint density at radius 1 is 1.47 bits per heavy atom. The molecular weight excluding hydrogens is 308 g/mol. The molecule has 0 saturated carbocycles. The molecule has 1 aliphatic heterocycles. The zero-order valence-corrected chi connectivity index (χ0v) is 11.4. The summed E-state index contributed by atoms with van der Waals surface area (Å²) in [7, 11) is -3.59. The number of rotatable bonds is 2. The number of nitrogens with zero attached hydrogens (tertiary/aromatic N) is 1. The van der Waals surface area contributed by atoms with Crippen molar-refractivity contribution in [2.24, 2.45) is 0 Å². The van der Waals surface area contributed by atoms with E-state index < -0.39 is 16.1 Å². The third kappa shape index (κ3) is 2.47. The lowest BCUT2D eigenvalue weighted by molar-refractivity contribution is 0.189. The minimum Gasteiger partial charge on any atom is -0.398 e. The van der Waals surface area contributed by atoms with Crippen molar-refractivity contribution in [2.45, 2.75) is 17.4 Å². The number of anilines is 1. The SMILES string of the molecule is Nc1cc(Br)ccc1S(=O)(=O)N1CC[C@@H](O)C1. The number of nitrogens with two attached hydrogens (primary N) is 1. The van der Waals surface area contributed by atoms with Crippen LogP contribution in [-0.2, 0) is 10.0 Å². The average Bonchev–Trinajstić information content (AvgIpc) is 2.64. The summed E-state index contributed by atoms with van der Waals surface area (Å²) in [6, 6.07) is 4.66. The highest BCUT2D eigenvalue weighted by Gasteiger charge is 2.32. The zero-order valence-electron chi connectivity index (χ0n) is 9.01. The van der Waals surface area contributed by atoms with E-state index in [9.17, 15) is 13.5 Å². The lowest BCUT2D eigenvalue weighted by atomic mass is 10.3. The minimum atomic E-state index is -3.59. The van der Waals surface area contributed by atoms with Crippen LogP contribution < -0.4 is 5.73 Å². The van der Waals surface area contributed by atoms with Crippen LogP contribution in [-0.4, -0.2) is 37.0 Å². The molecule has 0 amide bonds. The maximum atomic E-state index is 12.2. The maximum absolute atomic E-state index is 12.2. The van der Waals surface area contributed by atoms with Crippen molar-refractivity contribution in [1.29, 1.82) is 0 Å². The highest BCUT2D eigenvalue weighted by molar-refractivity contribution is 9.10. The summed E-state index contributed by atoms with van der Waals surface area (Å²) in [6.45, 7) is 0.469. The van der Waals surface area contributed by atoms with E-state index in [0.29, 0.717) is 13.0 Å². The Morgan fingerprint density at radius 3 is 2.71 bits per heavy atom. The van der Waals surface area contributed by atoms with Gasteiger partial charge in [-0.2, -0.15) is 4.31 Å². The minimum absolute atomic E-state index is 0.0924. The van der Waals surface area contributed by atoms with E-state index in [4.69, 9.17) is 5.73 Å². The summed E-state index contributed by atoms with van der Waals surface area (Å²) in [5.41, 5.74) is 5.92. The van der Waals surface area contributed by atoms with Crippen molar-refractivity contribution in [3.63, 3.8) is 0 Å². The second-order valence-corrected chi connectivity index (χ2v) is 6.81. The molecule has 0 aliphatic carbocycles. The van der Waals surface area contributed by atoms with Crippen LogP contribution in [0, 0.1) is 0 Å². The summed E-state index contributed by atoms with van der Waals surface area (Å²) in [6.07, 6.45) is -0.114. The molecule has 1 saturated heterocycles. The van der Waals surface area contributed by atoms with Gasteiger partial charge in [-0.05, 0) is 24.6 Å². The van der Waals surface area contributed by atoms with Crippen LogP contribution in [0.25, 0.3) is 0 Å². The molecule has 1 fully saturated rings. The van der Waals surface area contributed by atoms with E-state index in [2.05, 4.69) is 15.9 Å². The molecule has 0 radical (unpaired) electrons. The van der Waals surface area contributed by atoms with Gasteiger partial charge in [0.1, 0.15) is 4.90 Å². The Kier molecular flexibility index (Phi) is 3.44. The van der Waals surface area contributed by atoms with Crippen LogP contribution in [0.4, 0.5) is 5.69 Å². The van der Waals surface area contributed by atoms with Crippen LogP contribution in [0.5, 0.6) is 0 Å². The molecule has 2 rings (SSSR count). The lowest BCUT2D eigenvalue weighted by Crippen LogP contribution is -2.30. The molecule has 7 heteroatoms. The van der Waals surface area contributed by atoms with Gasteiger partial charge < -0.3 is 10.8 Å². The van der Waals surface area contributed by atoms with E-state index in [1.807, 2.05) is 0 Å². The van der Waals surface area contributed by atoms with Crippen LogP contribution in [0.2, 0.25) is 0 Å². The van der Waals surface area contributed by atoms with Gasteiger partial charge in [-0.25, -0.2) is 8.42 Å². The largest absolute Gasteiger partial charge is 0.398 e. The van der Waals surface area contributed by atoms with Crippen molar-refractivity contribution in [1.82, 2.24) is 4.31 Å². The fourth-order valence-electron chi connectivity index (χ4n) is 1.82. The predicted octanol–water partition coefficient (Wildman–Crippen LogP) is 0.787. The normalized spacial score (nSPS) is 21.9. The number of aliphatic hydroxyl groups excluding tert-OH is 1. The molecular formula is C10H13BrN2O3S. The van der Waals surface area contributed by atoms with Gasteiger partial charge in [0.05, 0.1) is 11.8 Å². The third-order valence-corrected chi connectivity index (χ3v) is 5.15. The highest BCUT2D eigenvalue weighted by Crippen LogP contribution is 2.27. The zero-order chi connectivity index (χ0) is 12.6. The Balaban J connectivity index is 2.38. The molecule has 1 aliphatic rings. The number of hydrogen-bond acceptors (Lipinski definition) is 4. The van der Waals surface area contributed by atoms with E-state index in [1.165, 1.54) is 10.4 Å². The standard InChI is InChI=1S/C10H13BrN2O3S/c11-7-1-2-10(9(12)5-7)17(15,16)13-4-3-8(14)6-13/h1-2,5,8,14H,3-4,6,12H2/t8-/m1/s1. The van der Waals surface area contributed by atoms with Crippen LogP contribution in [0.3, 0.4) is 0 Å². The number of β-amino-alcohol motifs (C(OH)–C–C–N with tert-alkyl or cyclic N) is 1. The molecule has 1 heterocycles. The van der Waals surface area contributed by atoms with Gasteiger partial charge in [-0.1, -0.05) is 15.9 Å². The van der Waals surface area contributed by atoms with Crippen LogP contribution in [0.15, 0.2) is 27.6 Å². The van der Waals surface area contributed by atoms with Gasteiger partial charge in [0, 0.05) is 17.6 Å². The smallest absolute Gasteiger partial charge is 0.245 e. The topological polar surface area (TPSA) is 83.6 Å². The van der Waals surface area contributed by atoms with E-state index in [1.54, 1.807) is 12.1 Å². The quantitative estimate of drug-likeness (QED) is 0.789. The fraction of sp³-hybridized carbons (Fsp3) is 0.400. The van der Waals surface area contributed by atoms with Gasteiger partial charge in [0.15, 0.2) is 0 Å². The molecule has 0 spiro atoms. The van der Waals surface area contributed by atoms with Gasteiger partial charge in [-0.3, -0.25) is 0 Å². The van der Waals surface area contributed by atoms with Crippen molar-refractivity contribution in [3.8, 4) is 0 Å². The van der Waals surface area contributed by atoms with E-state index in [-0.39, 0.29) is 17.1 Å². The monoisotopic (exact) mass is 320 g/mol. The average molecular weight is 321 g/mol.